The fraction of sp³-hybridized carbons (Fsp3) is 0.636. The van der Waals surface area contributed by atoms with E-state index in [4.69, 9.17) is 5.11 Å². The van der Waals surface area contributed by atoms with Crippen LogP contribution in [-0.4, -0.2) is 33.9 Å². The van der Waals surface area contributed by atoms with Crippen LogP contribution >= 0.6 is 0 Å². The Hall–Kier alpha value is -1.36. The summed E-state index contributed by atoms with van der Waals surface area (Å²) in [5, 5.41) is 16.6. The molecule has 5 nitrogen and oxygen atoms in total. The molecule has 0 bridgehead atoms. The number of aromatic nitrogens is 2. The molecule has 1 saturated heterocycles. The van der Waals surface area contributed by atoms with Crippen molar-refractivity contribution in [2.45, 2.75) is 26.3 Å². The number of nitrogens with zero attached hydrogens (tertiary/aromatic N) is 2. The monoisotopic (exact) mass is 223 g/mol. The summed E-state index contributed by atoms with van der Waals surface area (Å²) in [6, 6.07) is 0. The summed E-state index contributed by atoms with van der Waals surface area (Å²) in [7, 11) is 0. The molecule has 1 aliphatic heterocycles. The molecule has 0 aromatic carbocycles. The molecule has 5 heteroatoms. The second kappa shape index (κ2) is 4.25. The summed E-state index contributed by atoms with van der Waals surface area (Å²) < 4.78 is 1.86. The highest BCUT2D eigenvalue weighted by atomic mass is 16.4. The van der Waals surface area contributed by atoms with Crippen molar-refractivity contribution in [2.24, 2.45) is 5.92 Å². The highest BCUT2D eigenvalue weighted by Crippen LogP contribution is 2.30. The van der Waals surface area contributed by atoms with Crippen LogP contribution in [0.1, 0.15) is 24.1 Å². The second-order valence-electron chi connectivity index (χ2n) is 4.24. The molecule has 0 saturated carbocycles. The van der Waals surface area contributed by atoms with Crippen molar-refractivity contribution >= 4 is 5.97 Å². The van der Waals surface area contributed by atoms with E-state index in [-0.39, 0.29) is 11.8 Å². The van der Waals surface area contributed by atoms with Gasteiger partial charge in [-0.3, -0.25) is 9.48 Å². The van der Waals surface area contributed by atoms with Crippen LogP contribution in [0.15, 0.2) is 6.20 Å². The molecule has 0 radical (unpaired) electrons. The maximum Gasteiger partial charge on any atom is 0.308 e. The predicted octanol–water partition coefficient (Wildman–Crippen LogP) is 0.599. The maximum atomic E-state index is 11.1. The minimum Gasteiger partial charge on any atom is -0.481 e. The molecule has 16 heavy (non-hydrogen) atoms. The average Bonchev–Trinajstić information content (AvgIpc) is 2.82. The van der Waals surface area contributed by atoms with Gasteiger partial charge in [0.05, 0.1) is 11.6 Å². The topological polar surface area (TPSA) is 67.2 Å². The van der Waals surface area contributed by atoms with E-state index >= 15 is 0 Å². The summed E-state index contributed by atoms with van der Waals surface area (Å²) in [5.74, 6) is -0.996. The van der Waals surface area contributed by atoms with Crippen LogP contribution in [-0.2, 0) is 11.3 Å². The lowest BCUT2D eigenvalue weighted by Crippen LogP contribution is -2.21. The summed E-state index contributed by atoms with van der Waals surface area (Å²) >= 11 is 0. The largest absolute Gasteiger partial charge is 0.481 e. The summed E-state index contributed by atoms with van der Waals surface area (Å²) in [6.45, 7) is 6.07. The van der Waals surface area contributed by atoms with Crippen molar-refractivity contribution < 1.29 is 9.90 Å². The first kappa shape index (κ1) is 11.1. The highest BCUT2D eigenvalue weighted by molar-refractivity contribution is 5.72. The molecule has 1 aromatic heterocycles. The molecular formula is C11H17N3O2. The van der Waals surface area contributed by atoms with Gasteiger partial charge in [-0.1, -0.05) is 0 Å². The Morgan fingerprint density at radius 3 is 3.00 bits per heavy atom. The van der Waals surface area contributed by atoms with Gasteiger partial charge in [0, 0.05) is 31.7 Å². The molecule has 2 N–H and O–H groups in total. The lowest BCUT2D eigenvalue weighted by Gasteiger charge is -2.13. The van der Waals surface area contributed by atoms with E-state index in [2.05, 4.69) is 10.4 Å². The van der Waals surface area contributed by atoms with Crippen LogP contribution in [0, 0.1) is 12.8 Å². The number of carboxylic acids is 1. The van der Waals surface area contributed by atoms with Gasteiger partial charge < -0.3 is 10.4 Å². The molecule has 1 aliphatic rings. The molecule has 2 unspecified atom stereocenters. The van der Waals surface area contributed by atoms with E-state index in [0.717, 1.165) is 24.3 Å². The Labute approximate surface area is 94.5 Å². The highest BCUT2D eigenvalue weighted by Gasteiger charge is 2.35. The standard InChI is InChI=1S/C11H17N3O2/c1-3-14-6-10(7(2)13-14)8-4-12-5-9(8)11(15)16/h6,8-9,12H,3-5H2,1-2H3,(H,15,16). The Kier molecular flexibility index (Phi) is 2.96. The fourth-order valence-corrected chi connectivity index (χ4v) is 2.32. The first-order valence-corrected chi connectivity index (χ1v) is 5.61. The van der Waals surface area contributed by atoms with Gasteiger partial charge in [0.1, 0.15) is 0 Å². The molecule has 1 aromatic rings. The van der Waals surface area contributed by atoms with Crippen molar-refractivity contribution in [3.05, 3.63) is 17.5 Å². The number of nitrogens with one attached hydrogen (secondary N) is 1. The van der Waals surface area contributed by atoms with Gasteiger partial charge in [-0.2, -0.15) is 5.10 Å². The number of aryl methyl sites for hydroxylation is 2. The van der Waals surface area contributed by atoms with Gasteiger partial charge in [0.15, 0.2) is 0 Å². The number of hydrogen-bond acceptors (Lipinski definition) is 3. The Balaban J connectivity index is 2.28. The van der Waals surface area contributed by atoms with Crippen LogP contribution in [0.3, 0.4) is 0 Å². The lowest BCUT2D eigenvalue weighted by molar-refractivity contribution is -0.141. The third-order valence-electron chi connectivity index (χ3n) is 3.24. The number of carbonyl (C=O) groups is 1. The second-order valence-corrected chi connectivity index (χ2v) is 4.24. The first-order chi connectivity index (χ1) is 7.63. The van der Waals surface area contributed by atoms with Gasteiger partial charge in [-0.15, -0.1) is 0 Å². The van der Waals surface area contributed by atoms with Crippen LogP contribution in [0.2, 0.25) is 0 Å². The molecular weight excluding hydrogens is 206 g/mol. The summed E-state index contributed by atoms with van der Waals surface area (Å²) in [4.78, 5) is 11.1. The normalized spacial score (nSPS) is 24.9. The Bertz CT molecular complexity index is 400. The Morgan fingerprint density at radius 2 is 2.44 bits per heavy atom. The van der Waals surface area contributed by atoms with Crippen molar-refractivity contribution in [1.82, 2.24) is 15.1 Å². The fourth-order valence-electron chi connectivity index (χ4n) is 2.32. The minimum absolute atomic E-state index is 0.0535. The Morgan fingerprint density at radius 1 is 1.69 bits per heavy atom. The van der Waals surface area contributed by atoms with E-state index in [1.165, 1.54) is 0 Å². The quantitative estimate of drug-likeness (QED) is 0.787. The van der Waals surface area contributed by atoms with E-state index in [1.807, 2.05) is 24.7 Å². The van der Waals surface area contributed by atoms with Crippen molar-refractivity contribution in [3.8, 4) is 0 Å². The van der Waals surface area contributed by atoms with Crippen molar-refractivity contribution in [2.75, 3.05) is 13.1 Å². The summed E-state index contributed by atoms with van der Waals surface area (Å²) in [6.07, 6.45) is 1.98. The minimum atomic E-state index is -0.723. The zero-order valence-corrected chi connectivity index (χ0v) is 9.60. The number of carboxylic acid groups (broad SMARTS) is 1. The first-order valence-electron chi connectivity index (χ1n) is 5.61. The lowest BCUT2D eigenvalue weighted by atomic mass is 9.89. The van der Waals surface area contributed by atoms with Crippen molar-refractivity contribution in [3.63, 3.8) is 0 Å². The van der Waals surface area contributed by atoms with Crippen LogP contribution in [0.4, 0.5) is 0 Å². The van der Waals surface area contributed by atoms with Gasteiger partial charge in [-0.25, -0.2) is 0 Å². The molecule has 0 aliphatic carbocycles. The van der Waals surface area contributed by atoms with E-state index < -0.39 is 5.97 Å². The SMILES string of the molecule is CCn1cc(C2CNCC2C(=O)O)c(C)n1. The smallest absolute Gasteiger partial charge is 0.308 e. The van der Waals surface area contributed by atoms with E-state index in [1.54, 1.807) is 0 Å². The van der Waals surface area contributed by atoms with Crippen LogP contribution < -0.4 is 5.32 Å². The molecule has 2 rings (SSSR count). The molecule has 0 amide bonds. The van der Waals surface area contributed by atoms with Gasteiger partial charge in [0.25, 0.3) is 0 Å². The van der Waals surface area contributed by atoms with Crippen molar-refractivity contribution in [1.29, 1.82) is 0 Å². The maximum absolute atomic E-state index is 11.1. The molecule has 2 atom stereocenters. The third kappa shape index (κ3) is 1.82. The molecule has 1 fully saturated rings. The van der Waals surface area contributed by atoms with Crippen LogP contribution in [0.5, 0.6) is 0 Å². The molecule has 2 heterocycles. The molecule has 0 spiro atoms. The predicted molar refractivity (Wildman–Crippen MR) is 59.4 cm³/mol. The van der Waals surface area contributed by atoms with E-state index in [9.17, 15) is 4.79 Å². The van der Waals surface area contributed by atoms with E-state index in [0.29, 0.717) is 6.54 Å². The summed E-state index contributed by atoms with van der Waals surface area (Å²) in [5.41, 5.74) is 2.01. The van der Waals surface area contributed by atoms with Crippen LogP contribution in [0.25, 0.3) is 0 Å². The zero-order chi connectivity index (χ0) is 11.7. The zero-order valence-electron chi connectivity index (χ0n) is 9.60. The number of hydrogen-bond donors (Lipinski definition) is 2. The third-order valence-corrected chi connectivity index (χ3v) is 3.24. The molecule has 88 valence electrons. The average molecular weight is 223 g/mol. The number of rotatable bonds is 3. The van der Waals surface area contributed by atoms with Gasteiger partial charge >= 0.3 is 5.97 Å². The van der Waals surface area contributed by atoms with Gasteiger partial charge in [0.2, 0.25) is 0 Å². The van der Waals surface area contributed by atoms with Gasteiger partial charge in [-0.05, 0) is 19.4 Å². The number of aliphatic carboxylic acids is 1.